The van der Waals surface area contributed by atoms with Gasteiger partial charge in [-0.15, -0.1) is 0 Å². The van der Waals surface area contributed by atoms with Gasteiger partial charge in [0.25, 0.3) is 5.91 Å². The number of hydrogen-bond donors (Lipinski definition) is 2. The van der Waals surface area contributed by atoms with Crippen LogP contribution >= 0.6 is 11.6 Å². The second kappa shape index (κ2) is 9.12. The van der Waals surface area contributed by atoms with E-state index in [4.69, 9.17) is 25.7 Å². The number of halogens is 1. The average Bonchev–Trinajstić information content (AvgIpc) is 3.56. The predicted molar refractivity (Wildman–Crippen MR) is 135 cm³/mol. The first-order chi connectivity index (χ1) is 17.6. The Balaban J connectivity index is 1.22. The number of rotatable bonds is 6. The molecule has 0 saturated carbocycles. The largest absolute Gasteiger partial charge is 0.489 e. The first-order valence-corrected chi connectivity index (χ1v) is 11.4. The Morgan fingerprint density at radius 3 is 2.78 bits per heavy atom. The Morgan fingerprint density at radius 2 is 1.89 bits per heavy atom. The minimum absolute atomic E-state index is 0.168. The zero-order valence-corrected chi connectivity index (χ0v) is 19.4. The molecule has 3 aromatic carbocycles. The lowest BCUT2D eigenvalue weighted by Crippen LogP contribution is -2.16. The van der Waals surface area contributed by atoms with Gasteiger partial charge in [-0.1, -0.05) is 47.0 Å². The van der Waals surface area contributed by atoms with E-state index in [-0.39, 0.29) is 18.5 Å². The minimum atomic E-state index is -0.341. The molecule has 3 aromatic heterocycles. The summed E-state index contributed by atoms with van der Waals surface area (Å²) in [5.41, 5.74) is 3.40. The standard InChI is InChI=1S/C26H17ClN6O3/c27-18-7-5-15-6-9-21(28-22(15)13-18)24-12-17-11-19(8-10-23(17)36-24)35-14-16-3-1-2-4-20(16)25(34)29-26-30-32-33-31-26/h1-13H,14H2,(H2,29,30,31,32,33,34). The molecule has 36 heavy (non-hydrogen) atoms. The van der Waals surface area contributed by atoms with Crippen LogP contribution in [0.3, 0.4) is 0 Å². The summed E-state index contributed by atoms with van der Waals surface area (Å²) in [5, 5.41) is 18.2. The van der Waals surface area contributed by atoms with E-state index in [1.165, 1.54) is 0 Å². The molecule has 0 saturated heterocycles. The lowest BCUT2D eigenvalue weighted by Gasteiger charge is -2.10. The number of ether oxygens (including phenoxy) is 1. The lowest BCUT2D eigenvalue weighted by molar-refractivity contribution is 0.102. The third kappa shape index (κ3) is 4.35. The van der Waals surface area contributed by atoms with Gasteiger partial charge in [-0.25, -0.2) is 10.1 Å². The van der Waals surface area contributed by atoms with Crippen LogP contribution in [0.2, 0.25) is 5.02 Å². The van der Waals surface area contributed by atoms with Crippen LogP contribution in [0.5, 0.6) is 5.75 Å². The van der Waals surface area contributed by atoms with Crippen LogP contribution in [0.15, 0.2) is 83.3 Å². The minimum Gasteiger partial charge on any atom is -0.489 e. The number of amides is 1. The Hall–Kier alpha value is -4.76. The van der Waals surface area contributed by atoms with Crippen LogP contribution in [0, 0.1) is 0 Å². The summed E-state index contributed by atoms with van der Waals surface area (Å²) in [6.07, 6.45) is 0. The zero-order valence-electron chi connectivity index (χ0n) is 18.6. The van der Waals surface area contributed by atoms with Crippen molar-refractivity contribution >= 4 is 45.3 Å². The van der Waals surface area contributed by atoms with Gasteiger partial charge in [0.15, 0.2) is 5.76 Å². The van der Waals surface area contributed by atoms with Gasteiger partial charge in [-0.3, -0.25) is 10.1 Å². The number of furan rings is 1. The second-order valence-electron chi connectivity index (χ2n) is 7.99. The van der Waals surface area contributed by atoms with Crippen LogP contribution in [0.1, 0.15) is 15.9 Å². The van der Waals surface area contributed by atoms with Crippen molar-refractivity contribution in [2.45, 2.75) is 6.61 Å². The molecule has 0 fully saturated rings. The molecule has 0 aliphatic heterocycles. The van der Waals surface area contributed by atoms with Crippen molar-refractivity contribution in [3.63, 3.8) is 0 Å². The fourth-order valence-corrected chi connectivity index (χ4v) is 4.05. The maximum atomic E-state index is 12.6. The summed E-state index contributed by atoms with van der Waals surface area (Å²) in [6.45, 7) is 0.196. The third-order valence-corrected chi connectivity index (χ3v) is 5.86. The van der Waals surface area contributed by atoms with Crippen molar-refractivity contribution in [2.24, 2.45) is 0 Å². The van der Waals surface area contributed by atoms with E-state index in [2.05, 4.69) is 25.9 Å². The van der Waals surface area contributed by atoms with Gasteiger partial charge in [0.2, 0.25) is 5.95 Å². The van der Waals surface area contributed by atoms with Crippen LogP contribution in [0.4, 0.5) is 5.95 Å². The van der Waals surface area contributed by atoms with E-state index in [1.54, 1.807) is 12.1 Å². The topological polar surface area (TPSA) is 119 Å². The van der Waals surface area contributed by atoms with Crippen LogP contribution in [-0.4, -0.2) is 31.5 Å². The first-order valence-electron chi connectivity index (χ1n) is 11.0. The van der Waals surface area contributed by atoms with Crippen molar-refractivity contribution < 1.29 is 13.9 Å². The maximum Gasteiger partial charge on any atom is 0.258 e. The number of aromatic amines is 1. The third-order valence-electron chi connectivity index (χ3n) is 5.63. The van der Waals surface area contributed by atoms with Crippen LogP contribution in [0.25, 0.3) is 33.3 Å². The molecule has 0 atom stereocenters. The van der Waals surface area contributed by atoms with Crippen molar-refractivity contribution in [3.05, 3.63) is 95.0 Å². The summed E-state index contributed by atoms with van der Waals surface area (Å²) in [6, 6.07) is 24.2. The molecule has 0 radical (unpaired) electrons. The van der Waals surface area contributed by atoms with Crippen LogP contribution in [-0.2, 0) is 6.61 Å². The number of anilines is 1. The van der Waals surface area contributed by atoms with Gasteiger partial charge < -0.3 is 9.15 Å². The molecule has 0 unspecified atom stereocenters. The Labute approximate surface area is 209 Å². The molecule has 0 aliphatic carbocycles. The molecule has 0 spiro atoms. The average molecular weight is 497 g/mol. The normalized spacial score (nSPS) is 11.1. The highest BCUT2D eigenvalue weighted by molar-refractivity contribution is 6.31. The van der Waals surface area contributed by atoms with E-state index in [9.17, 15) is 4.79 Å². The number of hydrogen-bond acceptors (Lipinski definition) is 7. The number of aromatic nitrogens is 5. The molecule has 2 N–H and O–H groups in total. The number of tetrazole rings is 1. The van der Waals surface area contributed by atoms with Gasteiger partial charge >= 0.3 is 0 Å². The van der Waals surface area contributed by atoms with Crippen LogP contribution < -0.4 is 10.1 Å². The number of benzene rings is 3. The molecule has 3 heterocycles. The van der Waals surface area contributed by atoms with Gasteiger partial charge in [0.1, 0.15) is 23.6 Å². The highest BCUT2D eigenvalue weighted by atomic mass is 35.5. The summed E-state index contributed by atoms with van der Waals surface area (Å²) in [5.74, 6) is 1.11. The Morgan fingerprint density at radius 1 is 1.00 bits per heavy atom. The second-order valence-corrected chi connectivity index (χ2v) is 8.43. The number of carbonyl (C=O) groups is 1. The van der Waals surface area contributed by atoms with Gasteiger partial charge in [-0.2, -0.15) is 0 Å². The first kappa shape index (κ1) is 21.8. The van der Waals surface area contributed by atoms with Crippen molar-refractivity contribution in [1.29, 1.82) is 0 Å². The van der Waals surface area contributed by atoms with Gasteiger partial charge in [0.05, 0.1) is 5.52 Å². The Kier molecular flexibility index (Phi) is 5.51. The van der Waals surface area contributed by atoms with E-state index >= 15 is 0 Å². The lowest BCUT2D eigenvalue weighted by atomic mass is 10.1. The molecule has 1 amide bonds. The highest BCUT2D eigenvalue weighted by Gasteiger charge is 2.14. The number of fused-ring (bicyclic) bond motifs is 2. The zero-order chi connectivity index (χ0) is 24.5. The van der Waals surface area contributed by atoms with Crippen molar-refractivity contribution in [1.82, 2.24) is 25.6 Å². The molecule has 9 nitrogen and oxygen atoms in total. The molecule has 0 aliphatic rings. The maximum absolute atomic E-state index is 12.6. The predicted octanol–water partition coefficient (Wildman–Crippen LogP) is 5.65. The fraction of sp³-hybridized carbons (Fsp3) is 0.0385. The smallest absolute Gasteiger partial charge is 0.258 e. The monoisotopic (exact) mass is 496 g/mol. The molecule has 10 heteroatoms. The fourth-order valence-electron chi connectivity index (χ4n) is 3.88. The van der Waals surface area contributed by atoms with Gasteiger partial charge in [0, 0.05) is 26.9 Å². The summed E-state index contributed by atoms with van der Waals surface area (Å²) in [7, 11) is 0. The number of nitrogens with zero attached hydrogens (tertiary/aromatic N) is 4. The number of pyridine rings is 1. The number of carbonyl (C=O) groups excluding carboxylic acids is 1. The van der Waals surface area contributed by atoms with Gasteiger partial charge in [-0.05, 0) is 59.0 Å². The molecular weight excluding hydrogens is 480 g/mol. The molecule has 6 rings (SSSR count). The van der Waals surface area contributed by atoms with Crippen molar-refractivity contribution in [2.75, 3.05) is 5.32 Å². The van der Waals surface area contributed by atoms with E-state index in [0.29, 0.717) is 33.4 Å². The quantitative estimate of drug-likeness (QED) is 0.306. The highest BCUT2D eigenvalue weighted by Crippen LogP contribution is 2.31. The number of H-pyrrole nitrogens is 1. The molecule has 0 bridgehead atoms. The van der Waals surface area contributed by atoms with E-state index in [0.717, 1.165) is 21.9 Å². The molecule has 176 valence electrons. The summed E-state index contributed by atoms with van der Waals surface area (Å²) >= 11 is 6.12. The number of nitrogens with one attached hydrogen (secondary N) is 2. The SMILES string of the molecule is O=C(Nc1nnn[nH]1)c1ccccc1COc1ccc2oc(-c3ccc4ccc(Cl)cc4n3)cc2c1. The molecular formula is C26H17ClN6O3. The summed E-state index contributed by atoms with van der Waals surface area (Å²) < 4.78 is 12.0. The summed E-state index contributed by atoms with van der Waals surface area (Å²) in [4.78, 5) is 17.3. The molecule has 6 aromatic rings. The van der Waals surface area contributed by atoms with Crippen molar-refractivity contribution in [3.8, 4) is 17.2 Å². The van der Waals surface area contributed by atoms with E-state index < -0.39 is 0 Å². The Bertz CT molecular complexity index is 1710. The van der Waals surface area contributed by atoms with E-state index in [1.807, 2.05) is 66.7 Å².